The molecule has 0 aliphatic heterocycles. The highest BCUT2D eigenvalue weighted by molar-refractivity contribution is 5.75. The van der Waals surface area contributed by atoms with Gasteiger partial charge in [-0.2, -0.15) is 77.1 Å². The van der Waals surface area contributed by atoms with Gasteiger partial charge in [0.15, 0.2) is 0 Å². The minimum Gasteiger partial charge on any atom is -0.197 e. The Labute approximate surface area is 253 Å². The normalized spacial score (nSPS) is 10.2. The number of nitrogens with one attached hydrogen (secondary N) is 5. The van der Waals surface area contributed by atoms with E-state index in [2.05, 4.69) is 77.1 Å². The Morgan fingerprint density at radius 2 is 0.311 bits per heavy atom. The summed E-state index contributed by atoms with van der Waals surface area (Å²) in [6.45, 7) is 0. The summed E-state index contributed by atoms with van der Waals surface area (Å²) in [6.07, 6.45) is 0. The van der Waals surface area contributed by atoms with Crippen molar-refractivity contribution in [3.05, 3.63) is 121 Å². The molecule has 15 heteroatoms. The van der Waals surface area contributed by atoms with Crippen LogP contribution in [0, 0.1) is 0 Å². The van der Waals surface area contributed by atoms with Crippen molar-refractivity contribution in [2.75, 3.05) is 0 Å². The molecule has 0 amide bonds. The van der Waals surface area contributed by atoms with Crippen LogP contribution in [-0.4, -0.2) is 77.1 Å². The van der Waals surface area contributed by atoms with Crippen molar-refractivity contribution in [1.82, 2.24) is 77.1 Å². The number of aromatic nitrogens is 15. The fourth-order valence-electron chi connectivity index (χ4n) is 3.93. The van der Waals surface area contributed by atoms with Crippen molar-refractivity contribution >= 4 is 55.2 Å². The van der Waals surface area contributed by atoms with E-state index in [-0.39, 0.29) is 0 Å². The quantitative estimate of drug-likeness (QED) is 0.162. The van der Waals surface area contributed by atoms with Gasteiger partial charge in [0, 0.05) is 0 Å². The van der Waals surface area contributed by atoms with Crippen LogP contribution >= 0.6 is 0 Å². The monoisotopic (exact) mass is 595 g/mol. The van der Waals surface area contributed by atoms with Gasteiger partial charge in [-0.15, -0.1) is 0 Å². The summed E-state index contributed by atoms with van der Waals surface area (Å²) in [5.41, 5.74) is 9.14. The Balaban J connectivity index is 0.0000000992. The molecule has 0 aliphatic rings. The largest absolute Gasteiger partial charge is 0.197 e. The standard InChI is InChI=1S/5C6H5N3/c5*1-2-4-6-5(3-1)7-9-8-6/h5*1-4H,(H,7,8,9). The van der Waals surface area contributed by atoms with E-state index in [0.717, 1.165) is 55.2 Å². The van der Waals surface area contributed by atoms with Gasteiger partial charge in [0.05, 0.1) is 0 Å². The van der Waals surface area contributed by atoms with Crippen LogP contribution in [0.1, 0.15) is 0 Å². The van der Waals surface area contributed by atoms with Crippen LogP contribution in [0.2, 0.25) is 0 Å². The molecule has 0 spiro atoms. The maximum atomic E-state index is 3.88. The zero-order valence-electron chi connectivity index (χ0n) is 23.5. The molecule has 0 aliphatic carbocycles. The predicted octanol–water partition coefficient (Wildman–Crippen LogP) is 4.79. The predicted molar refractivity (Wildman–Crippen MR) is 169 cm³/mol. The van der Waals surface area contributed by atoms with Gasteiger partial charge in [0.25, 0.3) is 0 Å². The van der Waals surface area contributed by atoms with Crippen molar-refractivity contribution < 1.29 is 0 Å². The number of aromatic amines is 5. The van der Waals surface area contributed by atoms with Gasteiger partial charge < -0.3 is 0 Å². The number of hydrogen-bond donors (Lipinski definition) is 5. The topological polar surface area (TPSA) is 208 Å². The lowest BCUT2D eigenvalue weighted by atomic mass is 10.3. The molecular formula is C30H25N15. The van der Waals surface area contributed by atoms with E-state index in [1.54, 1.807) is 0 Å². The Hall–Kier alpha value is -6.90. The highest BCUT2D eigenvalue weighted by Gasteiger charge is 1.93. The third-order valence-electron chi connectivity index (χ3n) is 6.11. The SMILES string of the molecule is c1ccc2n[nH]nc2c1.c1ccc2n[nH]nc2c1.c1ccc2n[nH]nc2c1.c1ccc2n[nH]nc2c1.c1ccc2n[nH]nc2c1. The molecule has 5 aromatic heterocycles. The van der Waals surface area contributed by atoms with E-state index in [9.17, 15) is 0 Å². The second kappa shape index (κ2) is 14.3. The van der Waals surface area contributed by atoms with E-state index < -0.39 is 0 Å². The molecule has 0 radical (unpaired) electrons. The van der Waals surface area contributed by atoms with Gasteiger partial charge >= 0.3 is 0 Å². The number of rotatable bonds is 0. The number of H-pyrrole nitrogens is 5. The van der Waals surface area contributed by atoms with Gasteiger partial charge in [0.2, 0.25) is 0 Å². The maximum Gasteiger partial charge on any atom is 0.112 e. The van der Waals surface area contributed by atoms with Crippen LogP contribution in [0.3, 0.4) is 0 Å². The van der Waals surface area contributed by atoms with E-state index in [1.807, 2.05) is 121 Å². The van der Waals surface area contributed by atoms with Gasteiger partial charge in [-0.3, -0.25) is 0 Å². The van der Waals surface area contributed by atoms with E-state index in [1.165, 1.54) is 0 Å². The molecular weight excluding hydrogens is 570 g/mol. The fourth-order valence-corrected chi connectivity index (χ4v) is 3.93. The molecule has 45 heavy (non-hydrogen) atoms. The lowest BCUT2D eigenvalue weighted by molar-refractivity contribution is 0.959. The molecule has 0 atom stereocenters. The molecule has 0 saturated heterocycles. The second-order valence-electron chi connectivity index (χ2n) is 9.06. The van der Waals surface area contributed by atoms with Gasteiger partial charge in [-0.05, 0) is 60.7 Å². The molecule has 5 N–H and O–H groups in total. The summed E-state index contributed by atoms with van der Waals surface area (Å²) >= 11 is 0. The highest BCUT2D eigenvalue weighted by Crippen LogP contribution is 2.06. The van der Waals surface area contributed by atoms with Gasteiger partial charge in [-0.1, -0.05) is 60.7 Å². The zero-order chi connectivity index (χ0) is 30.5. The molecule has 10 aromatic rings. The maximum absolute atomic E-state index is 3.88. The Morgan fingerprint density at radius 1 is 0.200 bits per heavy atom. The summed E-state index contributed by atoms with van der Waals surface area (Å²) in [7, 11) is 0. The van der Waals surface area contributed by atoms with Crippen LogP contribution in [-0.2, 0) is 0 Å². The number of benzene rings is 5. The van der Waals surface area contributed by atoms with E-state index >= 15 is 0 Å². The minimum absolute atomic E-state index is 0.914. The fraction of sp³-hybridized carbons (Fsp3) is 0. The Morgan fingerprint density at radius 3 is 0.422 bits per heavy atom. The number of nitrogens with zero attached hydrogens (tertiary/aromatic N) is 10. The van der Waals surface area contributed by atoms with Crippen molar-refractivity contribution in [2.45, 2.75) is 0 Å². The smallest absolute Gasteiger partial charge is 0.112 e. The summed E-state index contributed by atoms with van der Waals surface area (Å²) < 4.78 is 0. The lowest BCUT2D eigenvalue weighted by Crippen LogP contribution is -1.63. The number of para-hydroxylation sites is 10. The van der Waals surface area contributed by atoms with Crippen LogP contribution in [0.15, 0.2) is 121 Å². The third kappa shape index (κ3) is 7.49. The first-order valence-corrected chi connectivity index (χ1v) is 13.6. The number of hydrogen-bond acceptors (Lipinski definition) is 10. The summed E-state index contributed by atoms with van der Waals surface area (Å²) in [4.78, 5) is 0. The molecule has 220 valence electrons. The van der Waals surface area contributed by atoms with Crippen LogP contribution in [0.4, 0.5) is 0 Å². The third-order valence-corrected chi connectivity index (χ3v) is 6.11. The molecule has 0 bridgehead atoms. The Bertz CT molecular complexity index is 1790. The summed E-state index contributed by atoms with van der Waals surface area (Å²) in [5.74, 6) is 0. The van der Waals surface area contributed by atoms with Crippen molar-refractivity contribution in [3.63, 3.8) is 0 Å². The first-order valence-electron chi connectivity index (χ1n) is 13.6. The van der Waals surface area contributed by atoms with Crippen LogP contribution < -0.4 is 0 Å². The molecule has 0 fully saturated rings. The number of fused-ring (bicyclic) bond motifs is 5. The lowest BCUT2D eigenvalue weighted by Gasteiger charge is -1.78. The second-order valence-corrected chi connectivity index (χ2v) is 9.06. The van der Waals surface area contributed by atoms with Gasteiger partial charge in [-0.25, -0.2) is 0 Å². The average molecular weight is 596 g/mol. The van der Waals surface area contributed by atoms with E-state index in [4.69, 9.17) is 0 Å². The first kappa shape index (κ1) is 28.2. The molecule has 0 unspecified atom stereocenters. The van der Waals surface area contributed by atoms with Crippen LogP contribution in [0.25, 0.3) is 55.2 Å². The highest BCUT2D eigenvalue weighted by atomic mass is 15.3. The van der Waals surface area contributed by atoms with Crippen molar-refractivity contribution in [3.8, 4) is 0 Å². The summed E-state index contributed by atoms with van der Waals surface area (Å²) in [6, 6.07) is 38.5. The molecule has 0 saturated carbocycles. The van der Waals surface area contributed by atoms with Crippen LogP contribution in [0.5, 0.6) is 0 Å². The molecule has 5 heterocycles. The first-order chi connectivity index (χ1) is 22.3. The van der Waals surface area contributed by atoms with Gasteiger partial charge in [0.1, 0.15) is 55.2 Å². The Kier molecular flexibility index (Phi) is 8.99. The van der Waals surface area contributed by atoms with Crippen molar-refractivity contribution in [2.24, 2.45) is 0 Å². The van der Waals surface area contributed by atoms with Crippen molar-refractivity contribution in [1.29, 1.82) is 0 Å². The van der Waals surface area contributed by atoms with E-state index in [0.29, 0.717) is 0 Å². The molecule has 10 rings (SSSR count). The summed E-state index contributed by atoms with van der Waals surface area (Å²) in [5, 5.41) is 51.5. The molecule has 15 nitrogen and oxygen atoms in total. The minimum atomic E-state index is 0.914. The molecule has 5 aromatic carbocycles. The average Bonchev–Trinajstić information content (AvgIpc) is 3.95. The zero-order valence-corrected chi connectivity index (χ0v) is 23.5.